The summed E-state index contributed by atoms with van der Waals surface area (Å²) < 4.78 is 38.1. The van der Waals surface area contributed by atoms with Gasteiger partial charge in [-0.3, -0.25) is 0 Å². The minimum atomic E-state index is -4.34. The van der Waals surface area contributed by atoms with E-state index in [-0.39, 0.29) is 0 Å². The third-order valence-electron chi connectivity index (χ3n) is 5.09. The summed E-state index contributed by atoms with van der Waals surface area (Å²) in [5.41, 5.74) is 2.34. The molecule has 0 aliphatic heterocycles. The van der Waals surface area contributed by atoms with Crippen molar-refractivity contribution in [1.82, 2.24) is 9.97 Å². The predicted octanol–water partition coefficient (Wildman–Crippen LogP) is 5.73. The molecule has 1 saturated carbocycles. The number of pyridine rings is 1. The van der Waals surface area contributed by atoms with Crippen molar-refractivity contribution in [1.29, 1.82) is 0 Å². The monoisotopic (exact) mass is 383 g/mol. The van der Waals surface area contributed by atoms with E-state index in [1.165, 1.54) is 31.4 Å². The summed E-state index contributed by atoms with van der Waals surface area (Å²) in [5, 5.41) is 4.61. The van der Waals surface area contributed by atoms with Crippen LogP contribution in [0.5, 0.6) is 0 Å². The molecular formula is C22H20F3N3. The number of anilines is 1. The number of alkyl halides is 3. The van der Waals surface area contributed by atoms with Crippen LogP contribution in [0.3, 0.4) is 0 Å². The number of aromatic nitrogens is 2. The largest absolute Gasteiger partial charge is 0.416 e. The Bertz CT molecular complexity index is 1020. The molecule has 3 aromatic rings. The van der Waals surface area contributed by atoms with Crippen LogP contribution in [0.25, 0.3) is 11.0 Å². The molecule has 2 N–H and O–H groups in total. The number of nitrogens with one attached hydrogen (secondary N) is 2. The molecule has 3 nitrogen and oxygen atoms in total. The molecule has 0 amide bonds. The molecule has 0 spiro atoms. The van der Waals surface area contributed by atoms with Gasteiger partial charge < -0.3 is 10.3 Å². The number of benzene rings is 1. The minimum absolute atomic E-state index is 0.404. The normalized spacial score (nSPS) is 15.2. The lowest BCUT2D eigenvalue weighted by Crippen LogP contribution is -2.22. The zero-order valence-corrected chi connectivity index (χ0v) is 15.2. The van der Waals surface area contributed by atoms with Gasteiger partial charge in [0.1, 0.15) is 5.65 Å². The van der Waals surface area contributed by atoms with Crippen LogP contribution in [-0.2, 0) is 6.18 Å². The van der Waals surface area contributed by atoms with Crippen LogP contribution in [0.4, 0.5) is 18.9 Å². The second-order valence-electron chi connectivity index (χ2n) is 7.09. The van der Waals surface area contributed by atoms with E-state index in [2.05, 4.69) is 27.1 Å². The number of nitrogens with zero attached hydrogens (tertiary/aromatic N) is 1. The average molecular weight is 383 g/mol. The first kappa shape index (κ1) is 18.4. The van der Waals surface area contributed by atoms with Crippen molar-refractivity contribution >= 4 is 16.7 Å². The lowest BCUT2D eigenvalue weighted by Gasteiger charge is -2.24. The van der Waals surface area contributed by atoms with Gasteiger partial charge in [-0.2, -0.15) is 13.2 Å². The Labute approximate surface area is 161 Å². The highest BCUT2D eigenvalue weighted by atomic mass is 19.4. The Morgan fingerprint density at radius 3 is 2.46 bits per heavy atom. The summed E-state index contributed by atoms with van der Waals surface area (Å²) in [6, 6.07) is 7.27. The average Bonchev–Trinajstić information content (AvgIpc) is 3.17. The summed E-state index contributed by atoms with van der Waals surface area (Å²) >= 11 is 0. The number of H-pyrrole nitrogens is 1. The quantitative estimate of drug-likeness (QED) is 0.555. The number of hydrogen-bond donors (Lipinski definition) is 2. The highest BCUT2D eigenvalue weighted by Gasteiger charge is 2.29. The summed E-state index contributed by atoms with van der Waals surface area (Å²) in [4.78, 5) is 7.52. The zero-order valence-electron chi connectivity index (χ0n) is 15.2. The van der Waals surface area contributed by atoms with Gasteiger partial charge in [0.05, 0.1) is 16.8 Å². The second kappa shape index (κ2) is 7.59. The van der Waals surface area contributed by atoms with Crippen molar-refractivity contribution in [2.45, 2.75) is 44.3 Å². The van der Waals surface area contributed by atoms with E-state index in [9.17, 15) is 13.2 Å². The fraction of sp³-hybridized carbons (Fsp3) is 0.318. The fourth-order valence-corrected chi connectivity index (χ4v) is 3.59. The third kappa shape index (κ3) is 3.99. The minimum Gasteiger partial charge on any atom is -0.381 e. The first-order valence-corrected chi connectivity index (χ1v) is 9.42. The molecule has 6 heteroatoms. The second-order valence-corrected chi connectivity index (χ2v) is 7.09. The van der Waals surface area contributed by atoms with Crippen LogP contribution >= 0.6 is 0 Å². The molecule has 1 aliphatic rings. The zero-order chi connectivity index (χ0) is 19.6. The fourth-order valence-electron chi connectivity index (χ4n) is 3.59. The van der Waals surface area contributed by atoms with E-state index in [1.54, 1.807) is 6.20 Å². The van der Waals surface area contributed by atoms with Crippen molar-refractivity contribution in [3.05, 3.63) is 59.4 Å². The van der Waals surface area contributed by atoms with E-state index in [0.717, 1.165) is 47.3 Å². The molecule has 0 radical (unpaired) electrons. The van der Waals surface area contributed by atoms with Gasteiger partial charge in [0.2, 0.25) is 0 Å². The van der Waals surface area contributed by atoms with Crippen LogP contribution in [-0.4, -0.2) is 16.0 Å². The molecule has 1 aliphatic carbocycles. The lowest BCUT2D eigenvalue weighted by atomic mass is 9.95. The number of halogens is 3. The number of fused-ring (bicyclic) bond motifs is 1. The van der Waals surface area contributed by atoms with Gasteiger partial charge in [0, 0.05) is 29.4 Å². The highest BCUT2D eigenvalue weighted by Crippen LogP contribution is 2.30. The van der Waals surface area contributed by atoms with Gasteiger partial charge in [-0.25, -0.2) is 4.98 Å². The maximum atomic E-state index is 12.7. The standard InChI is InChI=1S/C22H20F3N3/c23-22(24,25)17-10-7-15(8-11-17)6-9-16-14-27-21-19(12-13-26-21)20(16)28-18-4-2-1-3-5-18/h7-8,10-14,18H,1-5H2,(H2,26,27,28). The van der Waals surface area contributed by atoms with Crippen LogP contribution < -0.4 is 5.32 Å². The topological polar surface area (TPSA) is 40.7 Å². The molecule has 1 aromatic carbocycles. The van der Waals surface area contributed by atoms with Crippen molar-refractivity contribution in [2.24, 2.45) is 0 Å². The molecule has 0 unspecified atom stereocenters. The Hall–Kier alpha value is -2.94. The molecule has 4 rings (SSSR count). The Kier molecular flexibility index (Phi) is 4.99. The SMILES string of the molecule is FC(F)(F)c1ccc(C#Cc2cnc3[nH]ccc3c2NC2CCCCC2)cc1. The molecule has 2 heterocycles. The van der Waals surface area contributed by atoms with Crippen LogP contribution in [0, 0.1) is 11.8 Å². The van der Waals surface area contributed by atoms with Crippen LogP contribution in [0.15, 0.2) is 42.7 Å². The molecule has 2 aromatic heterocycles. The summed E-state index contributed by atoms with van der Waals surface area (Å²) in [5.74, 6) is 6.06. The highest BCUT2D eigenvalue weighted by molar-refractivity contribution is 5.92. The van der Waals surface area contributed by atoms with Crippen molar-refractivity contribution < 1.29 is 13.2 Å². The maximum absolute atomic E-state index is 12.7. The summed E-state index contributed by atoms with van der Waals surface area (Å²) in [6.07, 6.45) is 5.16. The van der Waals surface area contributed by atoms with Gasteiger partial charge in [-0.05, 0) is 43.2 Å². The smallest absolute Gasteiger partial charge is 0.381 e. The van der Waals surface area contributed by atoms with Gasteiger partial charge in [-0.15, -0.1) is 0 Å². The molecule has 1 fully saturated rings. The molecule has 28 heavy (non-hydrogen) atoms. The first-order chi connectivity index (χ1) is 13.5. The number of aromatic amines is 1. The summed E-state index contributed by atoms with van der Waals surface area (Å²) in [7, 11) is 0. The van der Waals surface area contributed by atoms with Gasteiger partial charge in [0.15, 0.2) is 0 Å². The van der Waals surface area contributed by atoms with Crippen molar-refractivity contribution in [3.8, 4) is 11.8 Å². The van der Waals surface area contributed by atoms with Crippen LogP contribution in [0.2, 0.25) is 0 Å². The molecule has 0 saturated heterocycles. The van der Waals surface area contributed by atoms with Crippen LogP contribution in [0.1, 0.15) is 48.8 Å². The van der Waals surface area contributed by atoms with Crippen molar-refractivity contribution in [2.75, 3.05) is 5.32 Å². The van der Waals surface area contributed by atoms with E-state index in [4.69, 9.17) is 0 Å². The molecule has 0 bridgehead atoms. The van der Waals surface area contributed by atoms with E-state index in [1.807, 2.05) is 12.3 Å². The molecule has 144 valence electrons. The Morgan fingerprint density at radius 2 is 1.75 bits per heavy atom. The van der Waals surface area contributed by atoms with Gasteiger partial charge >= 0.3 is 6.18 Å². The Balaban J connectivity index is 1.65. The first-order valence-electron chi connectivity index (χ1n) is 9.42. The third-order valence-corrected chi connectivity index (χ3v) is 5.09. The maximum Gasteiger partial charge on any atom is 0.416 e. The van der Waals surface area contributed by atoms with Gasteiger partial charge in [0.25, 0.3) is 0 Å². The molecule has 0 atom stereocenters. The lowest BCUT2D eigenvalue weighted by molar-refractivity contribution is -0.137. The van der Waals surface area contributed by atoms with E-state index >= 15 is 0 Å². The number of rotatable bonds is 2. The van der Waals surface area contributed by atoms with Gasteiger partial charge in [-0.1, -0.05) is 31.1 Å². The molecular weight excluding hydrogens is 363 g/mol. The predicted molar refractivity (Wildman–Crippen MR) is 104 cm³/mol. The Morgan fingerprint density at radius 1 is 1.00 bits per heavy atom. The number of hydrogen-bond acceptors (Lipinski definition) is 2. The van der Waals surface area contributed by atoms with E-state index < -0.39 is 11.7 Å². The summed E-state index contributed by atoms with van der Waals surface area (Å²) in [6.45, 7) is 0. The van der Waals surface area contributed by atoms with E-state index in [0.29, 0.717) is 11.6 Å². The van der Waals surface area contributed by atoms with Crippen molar-refractivity contribution in [3.63, 3.8) is 0 Å².